The standard InChI is InChI=1S/C47H50N6O9S/c1-52(2)45(60)31-18-12-19-32(39(31)54)48-35-38(44(59)41(35)56)51-47(24-9-10-25-47)30-17-11-14-28(26-30)27-53(3)63(61,62)34-21-13-20-33(40(34)55)49-36-37(43(58)42(36)57)50-46(22-7-8-23-46)29-15-5-4-6-16-29/h4-6,11-21,26,41,48-51,54-56H,7-10,22-25,27H2,1-3H3. The largest absolute Gasteiger partial charge is 0.505 e. The molecule has 5 aromatic carbocycles. The molecule has 2 saturated carbocycles. The molecule has 0 saturated heterocycles. The second-order valence-electron chi connectivity index (χ2n) is 16.9. The molecule has 1 amide bonds. The number of hydrogen-bond donors (Lipinski definition) is 7. The lowest BCUT2D eigenvalue weighted by molar-refractivity contribution is -0.125. The zero-order valence-corrected chi connectivity index (χ0v) is 36.0. The monoisotopic (exact) mass is 874 g/mol. The summed E-state index contributed by atoms with van der Waals surface area (Å²) in [7, 11) is 0.179. The average Bonchev–Trinajstić information content (AvgIpc) is 3.98. The van der Waals surface area contributed by atoms with Gasteiger partial charge in [0.15, 0.2) is 17.6 Å². The van der Waals surface area contributed by atoms with E-state index in [-0.39, 0.29) is 52.0 Å². The topological polar surface area (TPSA) is 218 Å². The molecule has 0 heterocycles. The second-order valence-corrected chi connectivity index (χ2v) is 18.9. The minimum atomic E-state index is -4.33. The predicted molar refractivity (Wildman–Crippen MR) is 239 cm³/mol. The molecule has 3 aliphatic carbocycles. The van der Waals surface area contributed by atoms with Gasteiger partial charge >= 0.3 is 0 Å². The van der Waals surface area contributed by atoms with Crippen LogP contribution >= 0.6 is 0 Å². The number of benzene rings is 4. The van der Waals surface area contributed by atoms with Crippen LogP contribution in [0, 0.1) is 0 Å². The van der Waals surface area contributed by atoms with Crippen molar-refractivity contribution in [2.24, 2.45) is 0 Å². The lowest BCUT2D eigenvalue weighted by Crippen LogP contribution is -2.51. The number of phenols is 2. The summed E-state index contributed by atoms with van der Waals surface area (Å²) in [6.07, 6.45) is 4.83. The zero-order valence-electron chi connectivity index (χ0n) is 35.2. The van der Waals surface area contributed by atoms with Crippen molar-refractivity contribution in [3.05, 3.63) is 145 Å². The van der Waals surface area contributed by atoms with E-state index in [0.29, 0.717) is 18.4 Å². The van der Waals surface area contributed by atoms with E-state index in [4.69, 9.17) is 0 Å². The molecule has 8 rings (SSSR count). The highest BCUT2D eigenvalue weighted by Gasteiger charge is 2.45. The summed E-state index contributed by atoms with van der Waals surface area (Å²) in [5, 5.41) is 45.7. The SMILES string of the molecule is CN(C)C(=O)c1cccc(NC2=C(NC3(c4cccc(CN(C)S(=O)(=O)c5cccc(Nc6c(NC7(c8ccccc8)CCCC7)c(=O)c6=O)c5O)c4)CCCC3)C(=O)C2O)c1O. The summed E-state index contributed by atoms with van der Waals surface area (Å²) in [4.78, 5) is 52.6. The fraction of sp³-hybridized carbons (Fsp3) is 0.319. The van der Waals surface area contributed by atoms with Crippen LogP contribution in [-0.2, 0) is 32.4 Å². The molecule has 2 fully saturated rings. The molecule has 63 heavy (non-hydrogen) atoms. The van der Waals surface area contributed by atoms with Crippen LogP contribution in [0.25, 0.3) is 0 Å². The molecule has 0 bridgehead atoms. The summed E-state index contributed by atoms with van der Waals surface area (Å²) >= 11 is 0. The number of carbonyl (C=O) groups excluding carboxylic acids is 2. The number of amides is 1. The van der Waals surface area contributed by atoms with Crippen LogP contribution in [0.3, 0.4) is 0 Å². The number of hydrogen-bond acceptors (Lipinski definition) is 13. The molecule has 0 radical (unpaired) electrons. The number of phenolic OH excluding ortho intramolecular Hbond substituents is 2. The van der Waals surface area contributed by atoms with Gasteiger partial charge in [-0.05, 0) is 66.6 Å². The van der Waals surface area contributed by atoms with Crippen molar-refractivity contribution in [2.75, 3.05) is 37.1 Å². The Morgan fingerprint density at radius 3 is 1.92 bits per heavy atom. The number of aromatic hydroxyl groups is 2. The summed E-state index contributed by atoms with van der Waals surface area (Å²) in [5.41, 5.74) is 0.112. The molecule has 0 aromatic heterocycles. The highest BCUT2D eigenvalue weighted by atomic mass is 32.2. The number of aliphatic hydroxyl groups is 1. The molecule has 3 aliphatic rings. The number of aliphatic hydroxyl groups excluding tert-OH is 1. The lowest BCUT2D eigenvalue weighted by atomic mass is 9.84. The Morgan fingerprint density at radius 1 is 0.698 bits per heavy atom. The Kier molecular flexibility index (Phi) is 11.4. The smallest absolute Gasteiger partial charge is 0.257 e. The normalized spacial score (nSPS) is 18.0. The zero-order chi connectivity index (χ0) is 44.8. The summed E-state index contributed by atoms with van der Waals surface area (Å²) < 4.78 is 29.3. The number of carbonyl (C=O) groups is 2. The van der Waals surface area contributed by atoms with Gasteiger partial charge in [0.1, 0.15) is 22.0 Å². The molecule has 1 atom stereocenters. The van der Waals surface area contributed by atoms with Crippen molar-refractivity contribution in [1.82, 2.24) is 14.5 Å². The third kappa shape index (κ3) is 7.72. The van der Waals surface area contributed by atoms with E-state index in [1.807, 2.05) is 42.5 Å². The van der Waals surface area contributed by atoms with Crippen molar-refractivity contribution in [1.29, 1.82) is 0 Å². The van der Waals surface area contributed by atoms with Crippen LogP contribution in [0.15, 0.2) is 117 Å². The first kappa shape index (κ1) is 43.2. The van der Waals surface area contributed by atoms with Crippen molar-refractivity contribution in [3.8, 4) is 11.5 Å². The number of para-hydroxylation sites is 2. The Labute approximate surface area is 364 Å². The highest BCUT2D eigenvalue weighted by molar-refractivity contribution is 7.89. The van der Waals surface area contributed by atoms with E-state index in [0.717, 1.165) is 54.0 Å². The molecule has 1 unspecified atom stereocenters. The van der Waals surface area contributed by atoms with E-state index in [9.17, 15) is 42.9 Å². The fourth-order valence-corrected chi connectivity index (χ4v) is 10.4. The van der Waals surface area contributed by atoms with Gasteiger partial charge < -0.3 is 41.5 Å². The van der Waals surface area contributed by atoms with E-state index in [1.54, 1.807) is 32.3 Å². The van der Waals surface area contributed by atoms with Crippen molar-refractivity contribution in [3.63, 3.8) is 0 Å². The van der Waals surface area contributed by atoms with Gasteiger partial charge in [-0.1, -0.05) is 92.4 Å². The lowest BCUT2D eigenvalue weighted by Gasteiger charge is -2.39. The van der Waals surface area contributed by atoms with Crippen LogP contribution in [0.5, 0.6) is 11.5 Å². The van der Waals surface area contributed by atoms with Crippen molar-refractivity contribution in [2.45, 2.75) is 80.0 Å². The molecule has 0 spiro atoms. The van der Waals surface area contributed by atoms with Gasteiger partial charge in [0, 0.05) is 27.7 Å². The number of nitrogens with one attached hydrogen (secondary N) is 4. The number of sulfonamides is 1. The van der Waals surface area contributed by atoms with E-state index in [2.05, 4.69) is 21.3 Å². The average molecular weight is 875 g/mol. The van der Waals surface area contributed by atoms with Crippen LogP contribution in [0.4, 0.5) is 22.7 Å². The van der Waals surface area contributed by atoms with Gasteiger partial charge in [-0.25, -0.2) is 8.42 Å². The van der Waals surface area contributed by atoms with Gasteiger partial charge in [-0.2, -0.15) is 4.31 Å². The van der Waals surface area contributed by atoms with Crippen LogP contribution in [0.1, 0.15) is 78.4 Å². The van der Waals surface area contributed by atoms with Crippen molar-refractivity contribution < 1.29 is 33.3 Å². The Hall–Kier alpha value is -6.49. The quantitative estimate of drug-likeness (QED) is 0.0514. The third-order valence-corrected chi connectivity index (χ3v) is 14.5. The van der Waals surface area contributed by atoms with E-state index in [1.165, 1.54) is 42.3 Å². The first-order valence-corrected chi connectivity index (χ1v) is 22.4. The Morgan fingerprint density at radius 2 is 1.27 bits per heavy atom. The molecule has 328 valence electrons. The Balaban J connectivity index is 1.01. The second kappa shape index (κ2) is 16.7. The van der Waals surface area contributed by atoms with Crippen LogP contribution in [0.2, 0.25) is 0 Å². The van der Waals surface area contributed by atoms with Gasteiger partial charge in [-0.15, -0.1) is 0 Å². The maximum atomic E-state index is 14.1. The molecule has 16 heteroatoms. The molecule has 5 aromatic rings. The Bertz CT molecular complexity index is 2820. The minimum absolute atomic E-state index is 0.0488. The first-order chi connectivity index (χ1) is 30.1. The highest BCUT2D eigenvalue weighted by Crippen LogP contribution is 2.45. The third-order valence-electron chi connectivity index (χ3n) is 12.7. The van der Waals surface area contributed by atoms with E-state index >= 15 is 0 Å². The number of anilines is 4. The molecule has 15 nitrogen and oxygen atoms in total. The van der Waals surface area contributed by atoms with E-state index < -0.39 is 60.4 Å². The summed E-state index contributed by atoms with van der Waals surface area (Å²) in [6, 6.07) is 25.8. The van der Waals surface area contributed by atoms with Gasteiger partial charge in [0.05, 0.1) is 33.7 Å². The number of nitrogens with zero attached hydrogens (tertiary/aromatic N) is 2. The minimum Gasteiger partial charge on any atom is -0.505 e. The van der Waals surface area contributed by atoms with Gasteiger partial charge in [0.2, 0.25) is 15.8 Å². The predicted octanol–water partition coefficient (Wildman–Crippen LogP) is 5.47. The van der Waals surface area contributed by atoms with Crippen LogP contribution in [-0.4, -0.2) is 71.9 Å². The molecular weight excluding hydrogens is 825 g/mol. The summed E-state index contributed by atoms with van der Waals surface area (Å²) in [5.74, 6) is -1.90. The van der Waals surface area contributed by atoms with Gasteiger partial charge in [0.25, 0.3) is 16.8 Å². The fourth-order valence-electron chi connectivity index (χ4n) is 9.16. The molecular formula is C47H50N6O9S. The maximum absolute atomic E-state index is 14.1. The number of rotatable bonds is 15. The van der Waals surface area contributed by atoms with Gasteiger partial charge in [-0.3, -0.25) is 19.2 Å². The molecule has 7 N–H and O–H groups in total. The van der Waals surface area contributed by atoms with Crippen molar-refractivity contribution >= 4 is 44.5 Å². The molecule has 0 aliphatic heterocycles. The number of ketones is 1. The summed E-state index contributed by atoms with van der Waals surface area (Å²) in [6.45, 7) is -0.0917. The number of Topliss-reactive ketones (excluding diaryl/α,β-unsaturated/α-hetero) is 1. The van der Waals surface area contributed by atoms with Crippen LogP contribution < -0.4 is 32.1 Å². The first-order valence-electron chi connectivity index (χ1n) is 20.9. The maximum Gasteiger partial charge on any atom is 0.257 e.